The van der Waals surface area contributed by atoms with Gasteiger partial charge in [0.1, 0.15) is 0 Å². The second kappa shape index (κ2) is 6.01. The van der Waals surface area contributed by atoms with Gasteiger partial charge in [0.25, 0.3) is 5.91 Å². The van der Waals surface area contributed by atoms with Crippen molar-refractivity contribution in [1.29, 1.82) is 0 Å². The fourth-order valence-electron chi connectivity index (χ4n) is 1.52. The first kappa shape index (κ1) is 13.2. The predicted octanol–water partition coefficient (Wildman–Crippen LogP) is 2.26. The monoisotopic (exact) mass is 284 g/mol. The number of rotatable bonds is 4. The van der Waals surface area contributed by atoms with Crippen LogP contribution in [0.2, 0.25) is 0 Å². The lowest BCUT2D eigenvalue weighted by atomic mass is 10.1. The number of hydrogen-bond donors (Lipinski definition) is 1. The molecule has 0 atom stereocenters. The van der Waals surface area contributed by atoms with Gasteiger partial charge in [-0.25, -0.2) is 0 Å². The molecule has 0 fully saturated rings. The van der Waals surface area contributed by atoms with E-state index in [0.717, 1.165) is 4.47 Å². The first-order chi connectivity index (χ1) is 7.56. The Kier molecular flexibility index (Phi) is 4.96. The summed E-state index contributed by atoms with van der Waals surface area (Å²) < 4.78 is 0.912. The van der Waals surface area contributed by atoms with E-state index in [1.807, 2.05) is 38.1 Å². The molecule has 0 unspecified atom stereocenters. The van der Waals surface area contributed by atoms with Crippen LogP contribution in [0.3, 0.4) is 0 Å². The first-order valence-electron chi connectivity index (χ1n) is 5.33. The van der Waals surface area contributed by atoms with Crippen molar-refractivity contribution in [3.05, 3.63) is 34.3 Å². The van der Waals surface area contributed by atoms with Gasteiger partial charge in [0.05, 0.1) is 0 Å². The van der Waals surface area contributed by atoms with Gasteiger partial charge in [-0.1, -0.05) is 22.0 Å². The van der Waals surface area contributed by atoms with Gasteiger partial charge in [-0.3, -0.25) is 4.79 Å². The lowest BCUT2D eigenvalue weighted by molar-refractivity contribution is 0.0712. The minimum absolute atomic E-state index is 0.0294. The molecule has 0 aromatic heterocycles. The van der Waals surface area contributed by atoms with Crippen LogP contribution in [0.1, 0.15) is 24.2 Å². The Balaban J connectivity index is 2.90. The van der Waals surface area contributed by atoms with Crippen LogP contribution >= 0.6 is 15.9 Å². The summed E-state index contributed by atoms with van der Waals surface area (Å²) in [5.74, 6) is 0.0294. The first-order valence-corrected chi connectivity index (χ1v) is 6.12. The van der Waals surface area contributed by atoms with Crippen molar-refractivity contribution in [2.24, 2.45) is 5.73 Å². The molecule has 1 rings (SSSR count). The Morgan fingerprint density at radius 1 is 1.50 bits per heavy atom. The van der Waals surface area contributed by atoms with Crippen molar-refractivity contribution in [3.8, 4) is 0 Å². The summed E-state index contributed by atoms with van der Waals surface area (Å²) >= 11 is 3.36. The lowest BCUT2D eigenvalue weighted by Gasteiger charge is -2.26. The molecule has 0 bridgehead atoms. The van der Waals surface area contributed by atoms with Crippen molar-refractivity contribution in [1.82, 2.24) is 4.90 Å². The third kappa shape index (κ3) is 3.32. The number of carbonyl (C=O) groups excluding carboxylic acids is 1. The van der Waals surface area contributed by atoms with Crippen LogP contribution in [-0.2, 0) is 0 Å². The average Bonchev–Trinajstić information content (AvgIpc) is 2.24. The lowest BCUT2D eigenvalue weighted by Crippen LogP contribution is -2.40. The average molecular weight is 285 g/mol. The highest BCUT2D eigenvalue weighted by Crippen LogP contribution is 2.14. The van der Waals surface area contributed by atoms with Gasteiger partial charge in [-0.2, -0.15) is 0 Å². The fraction of sp³-hybridized carbons (Fsp3) is 0.417. The molecule has 1 aromatic carbocycles. The van der Waals surface area contributed by atoms with Crippen LogP contribution in [0.15, 0.2) is 28.7 Å². The van der Waals surface area contributed by atoms with Crippen molar-refractivity contribution < 1.29 is 4.79 Å². The molecule has 1 aromatic rings. The third-order valence-corrected chi connectivity index (χ3v) is 2.82. The van der Waals surface area contributed by atoms with E-state index in [1.165, 1.54) is 0 Å². The molecule has 0 spiro atoms. The highest BCUT2D eigenvalue weighted by molar-refractivity contribution is 9.10. The second-order valence-electron chi connectivity index (χ2n) is 3.89. The minimum atomic E-state index is 0.0294. The Morgan fingerprint density at radius 3 is 2.69 bits per heavy atom. The van der Waals surface area contributed by atoms with E-state index in [-0.39, 0.29) is 11.9 Å². The van der Waals surface area contributed by atoms with E-state index < -0.39 is 0 Å². The third-order valence-electron chi connectivity index (χ3n) is 2.33. The van der Waals surface area contributed by atoms with E-state index in [0.29, 0.717) is 18.7 Å². The highest BCUT2D eigenvalue weighted by Gasteiger charge is 2.17. The quantitative estimate of drug-likeness (QED) is 0.922. The summed E-state index contributed by atoms with van der Waals surface area (Å²) in [5, 5.41) is 0. The van der Waals surface area contributed by atoms with E-state index in [2.05, 4.69) is 15.9 Å². The zero-order valence-electron chi connectivity index (χ0n) is 9.61. The molecule has 16 heavy (non-hydrogen) atoms. The van der Waals surface area contributed by atoms with Crippen LogP contribution in [0.4, 0.5) is 0 Å². The smallest absolute Gasteiger partial charge is 0.254 e. The molecule has 88 valence electrons. The number of nitrogens with zero attached hydrogens (tertiary/aromatic N) is 1. The SMILES string of the molecule is CC(C)N(CCN)C(=O)c1cccc(Br)c1. The maximum absolute atomic E-state index is 12.2. The van der Waals surface area contributed by atoms with Crippen LogP contribution in [0.25, 0.3) is 0 Å². The predicted molar refractivity (Wildman–Crippen MR) is 69.4 cm³/mol. The van der Waals surface area contributed by atoms with E-state index in [4.69, 9.17) is 5.73 Å². The molecule has 1 amide bonds. The Hall–Kier alpha value is -0.870. The normalized spacial score (nSPS) is 10.6. The van der Waals surface area contributed by atoms with Crippen molar-refractivity contribution in [2.75, 3.05) is 13.1 Å². The van der Waals surface area contributed by atoms with Gasteiger partial charge in [0.15, 0.2) is 0 Å². The van der Waals surface area contributed by atoms with Gasteiger partial charge in [-0.05, 0) is 32.0 Å². The minimum Gasteiger partial charge on any atom is -0.335 e. The van der Waals surface area contributed by atoms with Crippen LogP contribution in [0, 0.1) is 0 Å². The van der Waals surface area contributed by atoms with E-state index >= 15 is 0 Å². The molecule has 0 aliphatic rings. The summed E-state index contributed by atoms with van der Waals surface area (Å²) in [6.45, 7) is 5.05. The van der Waals surface area contributed by atoms with E-state index in [1.54, 1.807) is 4.90 Å². The molecule has 2 N–H and O–H groups in total. The standard InChI is InChI=1S/C12H17BrN2O/c1-9(2)15(7-6-14)12(16)10-4-3-5-11(13)8-10/h3-5,8-9H,6-7,14H2,1-2H3. The zero-order chi connectivity index (χ0) is 12.1. The summed E-state index contributed by atoms with van der Waals surface area (Å²) in [6, 6.07) is 7.57. The maximum Gasteiger partial charge on any atom is 0.254 e. The summed E-state index contributed by atoms with van der Waals surface area (Å²) in [7, 11) is 0. The van der Waals surface area contributed by atoms with Gasteiger partial charge < -0.3 is 10.6 Å². The highest BCUT2D eigenvalue weighted by atomic mass is 79.9. The van der Waals surface area contributed by atoms with Gasteiger partial charge >= 0.3 is 0 Å². The van der Waals surface area contributed by atoms with Crippen molar-refractivity contribution in [2.45, 2.75) is 19.9 Å². The molecule has 0 radical (unpaired) electrons. The molecule has 3 nitrogen and oxygen atoms in total. The Morgan fingerprint density at radius 2 is 2.19 bits per heavy atom. The zero-order valence-corrected chi connectivity index (χ0v) is 11.2. The largest absolute Gasteiger partial charge is 0.335 e. The van der Waals surface area contributed by atoms with Crippen LogP contribution in [-0.4, -0.2) is 29.9 Å². The molecule has 0 aliphatic carbocycles. The molecular weight excluding hydrogens is 268 g/mol. The fourth-order valence-corrected chi connectivity index (χ4v) is 1.92. The molecule has 0 heterocycles. The number of nitrogens with two attached hydrogens (primary N) is 1. The maximum atomic E-state index is 12.2. The summed E-state index contributed by atoms with van der Waals surface area (Å²) in [4.78, 5) is 14.0. The number of hydrogen-bond acceptors (Lipinski definition) is 2. The van der Waals surface area contributed by atoms with Crippen LogP contribution < -0.4 is 5.73 Å². The van der Waals surface area contributed by atoms with E-state index in [9.17, 15) is 4.79 Å². The topological polar surface area (TPSA) is 46.3 Å². The molecular formula is C12H17BrN2O. The van der Waals surface area contributed by atoms with Crippen molar-refractivity contribution in [3.63, 3.8) is 0 Å². The molecule has 4 heteroatoms. The van der Waals surface area contributed by atoms with Gasteiger partial charge in [0, 0.05) is 29.2 Å². The number of carbonyl (C=O) groups is 1. The second-order valence-corrected chi connectivity index (χ2v) is 4.81. The number of halogens is 1. The summed E-state index contributed by atoms with van der Waals surface area (Å²) in [5.41, 5.74) is 6.20. The number of benzene rings is 1. The van der Waals surface area contributed by atoms with Crippen molar-refractivity contribution >= 4 is 21.8 Å². The van der Waals surface area contributed by atoms with Crippen LogP contribution in [0.5, 0.6) is 0 Å². The van der Waals surface area contributed by atoms with Gasteiger partial charge in [-0.15, -0.1) is 0 Å². The molecule has 0 saturated carbocycles. The summed E-state index contributed by atoms with van der Waals surface area (Å²) in [6.07, 6.45) is 0. The molecule has 0 saturated heterocycles. The number of amides is 1. The Bertz CT molecular complexity index is 366. The Labute approximate surface area is 105 Å². The molecule has 0 aliphatic heterocycles. The van der Waals surface area contributed by atoms with Gasteiger partial charge in [0.2, 0.25) is 0 Å².